The highest BCUT2D eigenvalue weighted by atomic mass is 16.4. The predicted molar refractivity (Wildman–Crippen MR) is 122 cm³/mol. The molecule has 4 rings (SSSR count). The molecule has 0 unspecified atom stereocenters. The van der Waals surface area contributed by atoms with E-state index in [1.54, 1.807) is 6.20 Å². The predicted octanol–water partition coefficient (Wildman–Crippen LogP) is 3.13. The minimum atomic E-state index is -0.267. The Morgan fingerprint density at radius 3 is 2.58 bits per heavy atom. The highest BCUT2D eigenvalue weighted by Crippen LogP contribution is 2.21. The van der Waals surface area contributed by atoms with E-state index in [1.807, 2.05) is 61.5 Å². The highest BCUT2D eigenvalue weighted by Gasteiger charge is 2.12. The first kappa shape index (κ1) is 21.9. The minimum absolute atomic E-state index is 0.00774. The van der Waals surface area contributed by atoms with E-state index in [-0.39, 0.29) is 30.7 Å². The quantitative estimate of drug-likeness (QED) is 0.410. The molecule has 168 valence electrons. The Morgan fingerprint density at radius 1 is 1.00 bits per heavy atom. The van der Waals surface area contributed by atoms with E-state index in [9.17, 15) is 9.59 Å². The maximum atomic E-state index is 12.2. The zero-order valence-corrected chi connectivity index (χ0v) is 18.2. The number of oxazole rings is 1. The number of nitrogens with one attached hydrogen (secondary N) is 2. The third kappa shape index (κ3) is 6.36. The molecule has 0 radical (unpaired) electrons. The zero-order valence-electron chi connectivity index (χ0n) is 18.2. The number of nitrogens with zero attached hydrogens (tertiary/aromatic N) is 4. The molecule has 0 fully saturated rings. The maximum Gasteiger partial charge on any atom is 0.248 e. The van der Waals surface area contributed by atoms with Gasteiger partial charge in [-0.1, -0.05) is 60.2 Å². The molecule has 2 aromatic carbocycles. The third-order valence-electron chi connectivity index (χ3n) is 4.88. The number of hydrogen-bond acceptors (Lipinski definition) is 6. The molecule has 2 heterocycles. The van der Waals surface area contributed by atoms with Crippen molar-refractivity contribution in [1.82, 2.24) is 25.1 Å². The molecular formula is C24H24N6O3. The van der Waals surface area contributed by atoms with E-state index >= 15 is 0 Å². The van der Waals surface area contributed by atoms with Crippen molar-refractivity contribution < 1.29 is 14.0 Å². The third-order valence-corrected chi connectivity index (χ3v) is 4.88. The highest BCUT2D eigenvalue weighted by molar-refractivity contribution is 5.88. The number of benzene rings is 2. The van der Waals surface area contributed by atoms with Crippen LogP contribution in [0.4, 0.5) is 5.95 Å². The molecule has 0 atom stereocenters. The summed E-state index contributed by atoms with van der Waals surface area (Å²) in [6, 6.07) is 17.6. The van der Waals surface area contributed by atoms with Crippen molar-refractivity contribution in [3.05, 3.63) is 84.1 Å². The summed E-state index contributed by atoms with van der Waals surface area (Å²) in [6.45, 7) is 2.46. The molecule has 9 heteroatoms. The molecule has 33 heavy (non-hydrogen) atoms. The number of carbonyl (C=O) groups is 2. The summed E-state index contributed by atoms with van der Waals surface area (Å²) in [7, 11) is 0. The van der Waals surface area contributed by atoms with Gasteiger partial charge in [0.25, 0.3) is 0 Å². The van der Waals surface area contributed by atoms with Gasteiger partial charge in [0.2, 0.25) is 17.8 Å². The zero-order chi connectivity index (χ0) is 23.0. The average molecular weight is 444 g/mol. The smallest absolute Gasteiger partial charge is 0.248 e. The Balaban J connectivity index is 1.22. The van der Waals surface area contributed by atoms with Gasteiger partial charge >= 0.3 is 0 Å². The lowest BCUT2D eigenvalue weighted by Crippen LogP contribution is -2.27. The van der Waals surface area contributed by atoms with Crippen molar-refractivity contribution in [2.75, 3.05) is 5.32 Å². The molecule has 9 nitrogen and oxygen atoms in total. The van der Waals surface area contributed by atoms with Crippen molar-refractivity contribution in [2.45, 2.75) is 32.9 Å². The Bertz CT molecular complexity index is 1210. The second kappa shape index (κ2) is 10.4. The standard InChI is InChI=1S/C24H24N6O3/c1-17-7-9-19(10-8-17)20-14-26-23(33-20)12-11-21(31)28-24-27-16-30(29-24)15-22(32)25-13-18-5-3-2-4-6-18/h2-10,14,16H,11-13,15H2,1H3,(H,25,32)(H,28,29,31). The largest absolute Gasteiger partial charge is 0.441 e. The average Bonchev–Trinajstić information content (AvgIpc) is 3.47. The van der Waals surface area contributed by atoms with Crippen molar-refractivity contribution in [3.8, 4) is 11.3 Å². The first-order valence-electron chi connectivity index (χ1n) is 10.6. The van der Waals surface area contributed by atoms with Crippen LogP contribution in [0.5, 0.6) is 0 Å². The van der Waals surface area contributed by atoms with Crippen molar-refractivity contribution in [1.29, 1.82) is 0 Å². The SMILES string of the molecule is Cc1ccc(-c2cnc(CCC(=O)Nc3ncn(CC(=O)NCc4ccccc4)n3)o2)cc1. The minimum Gasteiger partial charge on any atom is -0.441 e. The summed E-state index contributed by atoms with van der Waals surface area (Å²) < 4.78 is 7.11. The monoisotopic (exact) mass is 444 g/mol. The van der Waals surface area contributed by atoms with Gasteiger partial charge in [-0.3, -0.25) is 14.9 Å². The molecule has 2 N–H and O–H groups in total. The molecule has 0 saturated heterocycles. The van der Waals surface area contributed by atoms with Crippen LogP contribution in [0, 0.1) is 6.92 Å². The van der Waals surface area contributed by atoms with Crippen LogP contribution in [0.15, 0.2) is 71.5 Å². The first-order valence-corrected chi connectivity index (χ1v) is 10.6. The van der Waals surface area contributed by atoms with Crippen molar-refractivity contribution >= 4 is 17.8 Å². The Labute approximate surface area is 190 Å². The van der Waals surface area contributed by atoms with E-state index in [4.69, 9.17) is 4.42 Å². The van der Waals surface area contributed by atoms with Gasteiger partial charge in [-0.05, 0) is 12.5 Å². The van der Waals surface area contributed by atoms with Crippen LogP contribution in [-0.2, 0) is 29.1 Å². The second-order valence-corrected chi connectivity index (χ2v) is 7.56. The fourth-order valence-corrected chi connectivity index (χ4v) is 3.11. The summed E-state index contributed by atoms with van der Waals surface area (Å²) in [5, 5.41) is 9.57. The molecule has 0 bridgehead atoms. The van der Waals surface area contributed by atoms with Gasteiger partial charge < -0.3 is 9.73 Å². The number of carbonyl (C=O) groups excluding carboxylic acids is 2. The van der Waals surface area contributed by atoms with E-state index in [2.05, 4.69) is 25.7 Å². The summed E-state index contributed by atoms with van der Waals surface area (Å²) in [5.74, 6) is 0.820. The van der Waals surface area contributed by atoms with Crippen molar-refractivity contribution in [2.24, 2.45) is 0 Å². The van der Waals surface area contributed by atoms with Crippen LogP contribution in [0.2, 0.25) is 0 Å². The lowest BCUT2D eigenvalue weighted by Gasteiger charge is -2.05. The van der Waals surface area contributed by atoms with Gasteiger partial charge in [-0.25, -0.2) is 14.6 Å². The Hall–Kier alpha value is -4.27. The molecule has 4 aromatic rings. The lowest BCUT2D eigenvalue weighted by atomic mass is 10.1. The van der Waals surface area contributed by atoms with Crippen LogP contribution in [0.3, 0.4) is 0 Å². The molecular weight excluding hydrogens is 420 g/mol. The van der Waals surface area contributed by atoms with Crippen LogP contribution >= 0.6 is 0 Å². The normalized spacial score (nSPS) is 10.7. The van der Waals surface area contributed by atoms with Gasteiger partial charge in [0.1, 0.15) is 12.9 Å². The Morgan fingerprint density at radius 2 is 1.79 bits per heavy atom. The molecule has 0 spiro atoms. The van der Waals surface area contributed by atoms with Gasteiger partial charge in [0.15, 0.2) is 11.7 Å². The molecule has 0 aliphatic carbocycles. The summed E-state index contributed by atoms with van der Waals surface area (Å²) in [6.07, 6.45) is 3.57. The van der Waals surface area contributed by atoms with Gasteiger partial charge in [-0.15, -0.1) is 5.10 Å². The fraction of sp³-hybridized carbons (Fsp3) is 0.208. The van der Waals surface area contributed by atoms with Gasteiger partial charge in [0, 0.05) is 24.9 Å². The second-order valence-electron chi connectivity index (χ2n) is 7.56. The number of rotatable bonds is 9. The summed E-state index contributed by atoms with van der Waals surface area (Å²) in [5.41, 5.74) is 3.11. The fourth-order valence-electron chi connectivity index (χ4n) is 3.11. The molecule has 0 saturated carbocycles. The van der Waals surface area contributed by atoms with Crippen LogP contribution < -0.4 is 10.6 Å². The summed E-state index contributed by atoms with van der Waals surface area (Å²) >= 11 is 0. The first-order chi connectivity index (χ1) is 16.0. The maximum absolute atomic E-state index is 12.2. The number of aryl methyl sites for hydroxylation is 2. The van der Waals surface area contributed by atoms with Crippen LogP contribution in [0.1, 0.15) is 23.4 Å². The van der Waals surface area contributed by atoms with E-state index in [0.717, 1.165) is 11.1 Å². The number of amides is 2. The lowest BCUT2D eigenvalue weighted by molar-refractivity contribution is -0.122. The molecule has 0 aliphatic rings. The molecule has 2 amide bonds. The Kier molecular flexibility index (Phi) is 6.89. The summed E-state index contributed by atoms with van der Waals surface area (Å²) in [4.78, 5) is 32.6. The number of hydrogen-bond donors (Lipinski definition) is 2. The van der Waals surface area contributed by atoms with Gasteiger partial charge in [0.05, 0.1) is 6.20 Å². The van der Waals surface area contributed by atoms with Crippen LogP contribution in [-0.4, -0.2) is 31.6 Å². The molecule has 2 aromatic heterocycles. The van der Waals surface area contributed by atoms with E-state index < -0.39 is 0 Å². The van der Waals surface area contributed by atoms with Crippen molar-refractivity contribution in [3.63, 3.8) is 0 Å². The van der Waals surface area contributed by atoms with Gasteiger partial charge in [-0.2, -0.15) is 0 Å². The number of anilines is 1. The number of aromatic nitrogens is 4. The molecule has 0 aliphatic heterocycles. The van der Waals surface area contributed by atoms with Crippen LogP contribution in [0.25, 0.3) is 11.3 Å². The topological polar surface area (TPSA) is 115 Å². The van der Waals surface area contributed by atoms with E-state index in [1.165, 1.54) is 16.6 Å². The van der Waals surface area contributed by atoms with E-state index in [0.29, 0.717) is 24.6 Å².